The predicted molar refractivity (Wildman–Crippen MR) is 142 cm³/mol. The van der Waals surface area contributed by atoms with E-state index in [2.05, 4.69) is 4.98 Å². The van der Waals surface area contributed by atoms with Gasteiger partial charge in [-0.05, 0) is 66.4 Å². The Labute approximate surface area is 223 Å². The monoisotopic (exact) mass is 535 g/mol. The van der Waals surface area contributed by atoms with E-state index < -0.39 is 23.4 Å². The lowest BCUT2D eigenvalue weighted by Crippen LogP contribution is -2.38. The van der Waals surface area contributed by atoms with Crippen LogP contribution in [0.4, 0.5) is 8.78 Å². The average Bonchev–Trinajstić information content (AvgIpc) is 2.92. The topological polar surface area (TPSA) is 68.7 Å². The number of halogens is 3. The number of fused-ring (bicyclic) bond motifs is 1. The molecule has 1 aromatic heterocycles. The zero-order chi connectivity index (χ0) is 26.7. The molecule has 0 radical (unpaired) electrons. The number of carbonyl (C=O) groups is 1. The molecule has 4 aromatic rings. The van der Waals surface area contributed by atoms with Crippen LogP contribution in [-0.4, -0.2) is 29.3 Å². The van der Waals surface area contributed by atoms with Crippen LogP contribution < -0.4 is 0 Å². The lowest BCUT2D eigenvalue weighted by molar-refractivity contribution is -0.279. The average molecular weight is 536 g/mol. The van der Waals surface area contributed by atoms with Crippen molar-refractivity contribution in [2.24, 2.45) is 0 Å². The van der Waals surface area contributed by atoms with Gasteiger partial charge in [0.15, 0.2) is 17.4 Å². The van der Waals surface area contributed by atoms with Gasteiger partial charge in [-0.3, -0.25) is 0 Å². The van der Waals surface area contributed by atoms with Crippen molar-refractivity contribution in [1.82, 2.24) is 4.98 Å². The first-order valence-corrected chi connectivity index (χ1v) is 12.5. The second-order valence-corrected chi connectivity index (χ2v) is 9.50. The van der Waals surface area contributed by atoms with Gasteiger partial charge in [-0.15, -0.1) is 0 Å². The van der Waals surface area contributed by atoms with Gasteiger partial charge in [-0.1, -0.05) is 48.0 Å². The highest BCUT2D eigenvalue weighted by Crippen LogP contribution is 2.36. The Balaban J connectivity index is 1.42. The first kappa shape index (κ1) is 26.0. The molecule has 0 saturated carbocycles. The number of aromatic carboxylic acids is 1. The summed E-state index contributed by atoms with van der Waals surface area (Å²) < 4.78 is 39.9. The lowest BCUT2D eigenvalue weighted by Gasteiger charge is -2.38. The van der Waals surface area contributed by atoms with Crippen LogP contribution >= 0.6 is 11.6 Å². The van der Waals surface area contributed by atoms with Crippen molar-refractivity contribution in [3.8, 4) is 0 Å². The molecule has 3 aromatic carbocycles. The summed E-state index contributed by atoms with van der Waals surface area (Å²) in [6, 6.07) is 18.7. The fraction of sp³-hybridized carbons (Fsp3) is 0.200. The van der Waals surface area contributed by atoms with E-state index in [0.29, 0.717) is 30.7 Å². The zero-order valence-electron chi connectivity index (χ0n) is 20.3. The molecule has 0 bridgehead atoms. The number of nitrogens with zero attached hydrogens (tertiary/aromatic N) is 1. The molecule has 1 fully saturated rings. The zero-order valence-corrected chi connectivity index (χ0v) is 21.1. The van der Waals surface area contributed by atoms with Gasteiger partial charge in [-0.25, -0.2) is 18.6 Å². The van der Waals surface area contributed by atoms with E-state index in [1.165, 1.54) is 0 Å². The third-order valence-corrected chi connectivity index (χ3v) is 6.74. The number of carboxylic acid groups (broad SMARTS) is 1. The summed E-state index contributed by atoms with van der Waals surface area (Å²) in [6.45, 7) is 0.903. The molecule has 0 spiro atoms. The quantitative estimate of drug-likeness (QED) is 0.270. The molecule has 5 nitrogen and oxygen atoms in total. The van der Waals surface area contributed by atoms with Crippen LogP contribution in [0, 0.1) is 11.6 Å². The Morgan fingerprint density at radius 1 is 1.00 bits per heavy atom. The SMILES string of the molecule is O=C(O)c1cc(F)c(F)cc1CCC1(c2cccc(/C=C/c3ccc4ccc(Cl)cc4n3)c2)OCCCO1. The van der Waals surface area contributed by atoms with E-state index in [-0.39, 0.29) is 24.0 Å². The number of aryl methyl sites for hydroxylation is 1. The van der Waals surface area contributed by atoms with Gasteiger partial charge in [0, 0.05) is 22.4 Å². The fourth-order valence-corrected chi connectivity index (χ4v) is 4.75. The Morgan fingerprint density at radius 2 is 1.76 bits per heavy atom. The van der Waals surface area contributed by atoms with Crippen molar-refractivity contribution in [1.29, 1.82) is 0 Å². The van der Waals surface area contributed by atoms with Crippen LogP contribution in [-0.2, 0) is 21.7 Å². The van der Waals surface area contributed by atoms with Gasteiger partial charge in [0.05, 0.1) is 30.0 Å². The normalized spacial score (nSPS) is 15.2. The molecular formula is C30H24ClF2NO4. The number of hydrogen-bond donors (Lipinski definition) is 1. The maximum absolute atomic E-state index is 13.9. The summed E-state index contributed by atoms with van der Waals surface area (Å²) >= 11 is 6.11. The first-order chi connectivity index (χ1) is 18.3. The van der Waals surface area contributed by atoms with Crippen LogP contribution in [0.15, 0.2) is 66.7 Å². The lowest BCUT2D eigenvalue weighted by atomic mass is 9.93. The van der Waals surface area contributed by atoms with Crippen molar-refractivity contribution in [2.75, 3.05) is 13.2 Å². The molecule has 8 heteroatoms. The van der Waals surface area contributed by atoms with Crippen molar-refractivity contribution >= 4 is 40.6 Å². The van der Waals surface area contributed by atoms with Crippen LogP contribution in [0.2, 0.25) is 5.02 Å². The highest BCUT2D eigenvalue weighted by atomic mass is 35.5. The highest BCUT2D eigenvalue weighted by molar-refractivity contribution is 6.31. The number of pyridine rings is 1. The third kappa shape index (κ3) is 5.60. The van der Waals surface area contributed by atoms with Gasteiger partial charge >= 0.3 is 5.97 Å². The Morgan fingerprint density at radius 3 is 2.55 bits per heavy atom. The molecule has 0 amide bonds. The molecule has 5 rings (SSSR count). The Hall–Kier alpha value is -3.65. The van der Waals surface area contributed by atoms with Crippen LogP contribution in [0.5, 0.6) is 0 Å². The molecule has 1 aliphatic heterocycles. The number of carboxylic acids is 1. The molecule has 2 heterocycles. The van der Waals surface area contributed by atoms with Gasteiger partial charge in [-0.2, -0.15) is 0 Å². The fourth-order valence-electron chi connectivity index (χ4n) is 4.58. The van der Waals surface area contributed by atoms with E-state index in [1.54, 1.807) is 0 Å². The van der Waals surface area contributed by atoms with E-state index in [1.807, 2.05) is 66.7 Å². The number of hydrogen-bond acceptors (Lipinski definition) is 4. The molecule has 1 N–H and O–H groups in total. The largest absolute Gasteiger partial charge is 0.478 e. The highest BCUT2D eigenvalue weighted by Gasteiger charge is 2.37. The maximum Gasteiger partial charge on any atom is 0.336 e. The third-order valence-electron chi connectivity index (χ3n) is 6.51. The molecule has 1 saturated heterocycles. The van der Waals surface area contributed by atoms with E-state index in [4.69, 9.17) is 21.1 Å². The van der Waals surface area contributed by atoms with Crippen molar-refractivity contribution in [3.05, 3.63) is 111 Å². The molecule has 38 heavy (non-hydrogen) atoms. The summed E-state index contributed by atoms with van der Waals surface area (Å²) in [4.78, 5) is 16.3. The van der Waals surface area contributed by atoms with Crippen LogP contribution in [0.25, 0.3) is 23.1 Å². The van der Waals surface area contributed by atoms with Gasteiger partial charge < -0.3 is 14.6 Å². The summed E-state index contributed by atoms with van der Waals surface area (Å²) in [6.07, 6.45) is 4.87. The standard InChI is InChI=1S/C30H24ClF2NO4/c31-23-8-6-20-7-10-24(34-28(20)17-23)9-5-19-3-1-4-22(15-19)30(37-13-2-14-38-30)12-11-21-16-26(32)27(33)18-25(21)29(35)36/h1,3-10,15-18H,2,11-14H2,(H,35,36)/b9-5+. The minimum Gasteiger partial charge on any atom is -0.478 e. The van der Waals surface area contributed by atoms with Gasteiger partial charge in [0.1, 0.15) is 0 Å². The van der Waals surface area contributed by atoms with Gasteiger partial charge in [0.25, 0.3) is 0 Å². The number of aromatic nitrogens is 1. The first-order valence-electron chi connectivity index (χ1n) is 12.2. The predicted octanol–water partition coefficient (Wildman–Crippen LogP) is 7.26. The van der Waals surface area contributed by atoms with Gasteiger partial charge in [0.2, 0.25) is 0 Å². The minimum absolute atomic E-state index is 0.114. The Kier molecular flexibility index (Phi) is 7.51. The van der Waals surface area contributed by atoms with Crippen molar-refractivity contribution in [2.45, 2.75) is 25.0 Å². The van der Waals surface area contributed by atoms with Crippen LogP contribution in [0.1, 0.15) is 45.6 Å². The second kappa shape index (κ2) is 11.0. The smallest absolute Gasteiger partial charge is 0.336 e. The summed E-state index contributed by atoms with van der Waals surface area (Å²) in [5, 5.41) is 11.1. The maximum atomic E-state index is 13.9. The van der Waals surface area contributed by atoms with E-state index in [9.17, 15) is 18.7 Å². The molecule has 0 unspecified atom stereocenters. The molecule has 0 aliphatic carbocycles. The summed E-state index contributed by atoms with van der Waals surface area (Å²) in [5.74, 6) is -4.77. The number of benzene rings is 3. The second-order valence-electron chi connectivity index (χ2n) is 9.06. The minimum atomic E-state index is -1.32. The van der Waals surface area contributed by atoms with Crippen LogP contribution in [0.3, 0.4) is 0 Å². The van der Waals surface area contributed by atoms with Crippen molar-refractivity contribution < 1.29 is 28.2 Å². The Bertz CT molecular complexity index is 1530. The summed E-state index contributed by atoms with van der Waals surface area (Å²) in [7, 11) is 0. The molecule has 1 aliphatic rings. The number of rotatable bonds is 7. The molecular weight excluding hydrogens is 512 g/mol. The van der Waals surface area contributed by atoms with E-state index in [0.717, 1.165) is 33.8 Å². The number of ether oxygens (including phenoxy) is 2. The van der Waals surface area contributed by atoms with E-state index >= 15 is 0 Å². The summed E-state index contributed by atoms with van der Waals surface area (Å²) in [5.41, 5.74) is 3.09. The molecule has 194 valence electrons. The van der Waals surface area contributed by atoms with Crippen molar-refractivity contribution in [3.63, 3.8) is 0 Å². The molecule has 0 atom stereocenters.